The van der Waals surface area contributed by atoms with Crippen LogP contribution in [0, 0.1) is 0 Å². The monoisotopic (exact) mass is 484 g/mol. The van der Waals surface area contributed by atoms with E-state index in [0.29, 0.717) is 0 Å². The first-order chi connectivity index (χ1) is 17.5. The van der Waals surface area contributed by atoms with Gasteiger partial charge in [-0.2, -0.15) is 0 Å². The van der Waals surface area contributed by atoms with Crippen LogP contribution in [-0.2, 0) is 0 Å². The summed E-state index contributed by atoms with van der Waals surface area (Å²) in [5.74, 6) is 0. The minimum absolute atomic E-state index is 1.17. The molecule has 0 aliphatic heterocycles. The van der Waals surface area contributed by atoms with Crippen LogP contribution in [0.3, 0.4) is 0 Å². The Morgan fingerprint density at radius 3 is 1.28 bits per heavy atom. The number of rotatable bonds is 5. The van der Waals surface area contributed by atoms with E-state index in [1.165, 1.54) is 75.4 Å². The van der Waals surface area contributed by atoms with E-state index in [4.69, 9.17) is 0 Å². The van der Waals surface area contributed by atoms with Crippen molar-refractivity contribution in [1.82, 2.24) is 0 Å². The van der Waals surface area contributed by atoms with E-state index in [0.717, 1.165) is 0 Å². The summed E-state index contributed by atoms with van der Waals surface area (Å²) in [6.07, 6.45) is 11.7. The Morgan fingerprint density at radius 2 is 0.861 bits per heavy atom. The number of benzene rings is 4. The normalized spacial score (nSPS) is 16.5. The van der Waals surface area contributed by atoms with E-state index < -0.39 is 8.07 Å². The van der Waals surface area contributed by atoms with Gasteiger partial charge in [-0.25, -0.2) is 0 Å². The third-order valence-corrected chi connectivity index (χ3v) is 9.34. The van der Waals surface area contributed by atoms with Crippen molar-refractivity contribution < 1.29 is 0 Å². The van der Waals surface area contributed by atoms with Crippen LogP contribution in [0.2, 0.25) is 19.6 Å². The molecule has 0 atom stereocenters. The molecule has 4 aromatic rings. The molecule has 0 fully saturated rings. The molecule has 1 heteroatoms. The Labute approximate surface area is 218 Å². The Bertz CT molecular complexity index is 1350. The molecule has 0 saturated carbocycles. The van der Waals surface area contributed by atoms with E-state index in [1.807, 2.05) is 0 Å². The minimum atomic E-state index is -1.26. The van der Waals surface area contributed by atoms with Gasteiger partial charge in [0, 0.05) is 0 Å². The van der Waals surface area contributed by atoms with Crippen molar-refractivity contribution in [3.8, 4) is 33.4 Å². The largest absolute Gasteiger partial charge is 0.0845 e. The van der Waals surface area contributed by atoms with Gasteiger partial charge < -0.3 is 0 Å². The molecule has 5 rings (SSSR count). The highest BCUT2D eigenvalue weighted by molar-refractivity contribution is 6.88. The molecule has 4 aromatic carbocycles. The fraction of sp³-hybridized carbons (Fsp3) is 0.200. The molecule has 0 heterocycles. The van der Waals surface area contributed by atoms with Crippen LogP contribution in [0.5, 0.6) is 0 Å². The molecule has 0 unspecified atom stereocenters. The molecule has 0 nitrogen and oxygen atoms in total. The number of hydrogen-bond acceptors (Lipinski definition) is 0. The van der Waals surface area contributed by atoms with Crippen molar-refractivity contribution in [2.24, 2.45) is 0 Å². The van der Waals surface area contributed by atoms with Crippen LogP contribution in [0.1, 0.15) is 31.2 Å². The van der Waals surface area contributed by atoms with Crippen LogP contribution < -0.4 is 5.19 Å². The summed E-state index contributed by atoms with van der Waals surface area (Å²) in [5.41, 5.74) is 10.4. The third kappa shape index (κ3) is 5.69. The van der Waals surface area contributed by atoms with Crippen molar-refractivity contribution >= 4 is 18.8 Å². The molecule has 0 radical (unpaired) electrons. The van der Waals surface area contributed by atoms with Gasteiger partial charge in [0.15, 0.2) is 0 Å². The Kier molecular flexibility index (Phi) is 7.20. The fourth-order valence-electron chi connectivity index (χ4n) is 4.93. The lowest BCUT2D eigenvalue weighted by atomic mass is 9.94. The zero-order valence-corrected chi connectivity index (χ0v) is 22.8. The molecule has 180 valence electrons. The van der Waals surface area contributed by atoms with Crippen molar-refractivity contribution in [3.63, 3.8) is 0 Å². The number of hydrogen-bond donors (Lipinski definition) is 0. The van der Waals surface area contributed by atoms with E-state index in [1.54, 1.807) is 0 Å². The SMILES string of the molecule is C[Si](C)(C)c1ccc(-c2ccc(-c3ccc(-c4ccc(/C5=C/C=C\CCCC5)cc4)cc3)cc2)cc1. The molecule has 36 heavy (non-hydrogen) atoms. The van der Waals surface area contributed by atoms with Crippen molar-refractivity contribution in [1.29, 1.82) is 0 Å². The van der Waals surface area contributed by atoms with Crippen LogP contribution in [-0.4, -0.2) is 8.07 Å². The highest BCUT2D eigenvalue weighted by Crippen LogP contribution is 2.29. The Balaban J connectivity index is 1.29. The van der Waals surface area contributed by atoms with Crippen molar-refractivity contribution in [2.45, 2.75) is 45.3 Å². The first-order valence-electron chi connectivity index (χ1n) is 13.3. The van der Waals surface area contributed by atoms with Gasteiger partial charge in [0.05, 0.1) is 8.07 Å². The molecule has 0 saturated heterocycles. The van der Waals surface area contributed by atoms with Gasteiger partial charge in [-0.15, -0.1) is 0 Å². The first-order valence-corrected chi connectivity index (χ1v) is 16.8. The molecular weight excluding hydrogens is 448 g/mol. The zero-order chi connectivity index (χ0) is 25.0. The third-order valence-electron chi connectivity index (χ3n) is 7.28. The van der Waals surface area contributed by atoms with Crippen LogP contribution in [0.4, 0.5) is 0 Å². The van der Waals surface area contributed by atoms with E-state index in [2.05, 4.69) is 135 Å². The van der Waals surface area contributed by atoms with Crippen LogP contribution in [0.15, 0.2) is 115 Å². The smallest absolute Gasteiger partial charge is 0.0775 e. The molecule has 0 spiro atoms. The van der Waals surface area contributed by atoms with E-state index >= 15 is 0 Å². The second-order valence-corrected chi connectivity index (χ2v) is 16.0. The predicted octanol–water partition coefficient (Wildman–Crippen LogP) is 9.75. The second-order valence-electron chi connectivity index (χ2n) is 10.9. The lowest BCUT2D eigenvalue weighted by Gasteiger charge is -2.16. The van der Waals surface area contributed by atoms with Crippen LogP contribution in [0.25, 0.3) is 39.0 Å². The zero-order valence-electron chi connectivity index (χ0n) is 21.8. The summed E-state index contributed by atoms with van der Waals surface area (Å²) in [7, 11) is -1.26. The van der Waals surface area contributed by atoms with E-state index in [-0.39, 0.29) is 0 Å². The second kappa shape index (κ2) is 10.7. The first kappa shape index (κ1) is 24.3. The molecule has 1 aliphatic carbocycles. The van der Waals surface area contributed by atoms with Gasteiger partial charge in [-0.05, 0) is 70.2 Å². The topological polar surface area (TPSA) is 0 Å². The standard InChI is InChI=1S/C35H36Si/c1-36(2,3)35-25-23-34(24-26-35)33-21-19-32(20-22-33)31-17-15-30(16-18-31)29-13-11-28(12-14-29)27-9-7-5-4-6-8-10-27/h5,7,9,11-26H,4,6,8,10H2,1-3H3/b7-5-,27-9+. The molecule has 1 aliphatic rings. The fourth-order valence-corrected chi connectivity index (χ4v) is 6.10. The van der Waals surface area contributed by atoms with Gasteiger partial charge in [0.2, 0.25) is 0 Å². The summed E-state index contributed by atoms with van der Waals surface area (Å²) in [6.45, 7) is 7.19. The summed E-state index contributed by atoms with van der Waals surface area (Å²) >= 11 is 0. The summed E-state index contributed by atoms with van der Waals surface area (Å²) in [6, 6.07) is 36.2. The predicted molar refractivity (Wildman–Crippen MR) is 161 cm³/mol. The molecular formula is C35H36Si. The Morgan fingerprint density at radius 1 is 0.472 bits per heavy atom. The highest BCUT2D eigenvalue weighted by atomic mass is 28.3. The van der Waals surface area contributed by atoms with Crippen LogP contribution >= 0.6 is 0 Å². The molecule has 0 aromatic heterocycles. The summed E-state index contributed by atoms with van der Waals surface area (Å²) < 4.78 is 0. The van der Waals surface area contributed by atoms with Crippen molar-refractivity contribution in [3.05, 3.63) is 121 Å². The minimum Gasteiger partial charge on any atom is -0.0845 e. The molecule has 0 N–H and O–H groups in total. The average Bonchev–Trinajstić information content (AvgIpc) is 2.89. The lowest BCUT2D eigenvalue weighted by Crippen LogP contribution is -2.37. The van der Waals surface area contributed by atoms with Gasteiger partial charge in [-0.3, -0.25) is 0 Å². The van der Waals surface area contributed by atoms with E-state index in [9.17, 15) is 0 Å². The van der Waals surface area contributed by atoms with Gasteiger partial charge in [0.1, 0.15) is 0 Å². The average molecular weight is 485 g/mol. The Hall–Kier alpha value is -3.42. The molecule has 0 amide bonds. The molecule has 0 bridgehead atoms. The maximum atomic E-state index is 2.40. The maximum Gasteiger partial charge on any atom is 0.0775 e. The number of allylic oxidation sites excluding steroid dienone is 4. The van der Waals surface area contributed by atoms with Gasteiger partial charge >= 0.3 is 0 Å². The highest BCUT2D eigenvalue weighted by Gasteiger charge is 2.15. The van der Waals surface area contributed by atoms with Gasteiger partial charge in [-0.1, -0.05) is 140 Å². The lowest BCUT2D eigenvalue weighted by molar-refractivity contribution is 0.766. The summed E-state index contributed by atoms with van der Waals surface area (Å²) in [5, 5.41) is 1.51. The quantitative estimate of drug-likeness (QED) is 0.247. The maximum absolute atomic E-state index is 2.40. The van der Waals surface area contributed by atoms with Gasteiger partial charge in [0.25, 0.3) is 0 Å². The summed E-state index contributed by atoms with van der Waals surface area (Å²) in [4.78, 5) is 0. The van der Waals surface area contributed by atoms with Crippen molar-refractivity contribution in [2.75, 3.05) is 0 Å².